The summed E-state index contributed by atoms with van der Waals surface area (Å²) in [6.45, 7) is 3.01. The largest absolute Gasteiger partial charge is 0.459 e. The summed E-state index contributed by atoms with van der Waals surface area (Å²) in [7, 11) is 0. The Morgan fingerprint density at radius 2 is 1.71 bits per heavy atom. The normalized spacial score (nSPS) is 20.7. The maximum absolute atomic E-state index is 13.5. The van der Waals surface area contributed by atoms with Crippen molar-refractivity contribution < 1.29 is 36.2 Å². The average Bonchev–Trinajstić information content (AvgIpc) is 3.31. The molecule has 1 saturated carbocycles. The standard InChI is InChI=1S/C24H19ClF5NO3/c1-22(2)17(12-19(25)23(26,27)24(28,29)30)20(22)21(32)34-18(13-31)14-7-6-10-16(11-14)33-15-8-4-3-5-9-15/h3-12,17-18,20H,1-2H3/t17-,18?,20+/m1/s1. The van der Waals surface area contributed by atoms with Crippen LogP contribution in [0.15, 0.2) is 65.7 Å². The van der Waals surface area contributed by atoms with Gasteiger partial charge in [0.25, 0.3) is 0 Å². The van der Waals surface area contributed by atoms with Crippen molar-refractivity contribution in [3.63, 3.8) is 0 Å². The molecule has 2 aromatic rings. The van der Waals surface area contributed by atoms with Gasteiger partial charge in [-0.1, -0.05) is 61.9 Å². The maximum atomic E-state index is 13.5. The predicted octanol–water partition coefficient (Wildman–Crippen LogP) is 7.18. The van der Waals surface area contributed by atoms with Crippen LogP contribution in [0.5, 0.6) is 11.5 Å². The van der Waals surface area contributed by atoms with Crippen molar-refractivity contribution in [2.24, 2.45) is 17.3 Å². The highest BCUT2D eigenvalue weighted by Gasteiger charge is 2.65. The second-order valence-corrected chi connectivity index (χ2v) is 8.75. The highest BCUT2D eigenvalue weighted by molar-refractivity contribution is 6.30. The molecule has 0 amide bonds. The molecule has 0 N–H and O–H groups in total. The Hall–Kier alpha value is -3.12. The van der Waals surface area contributed by atoms with E-state index in [1.54, 1.807) is 36.4 Å². The maximum Gasteiger partial charge on any atom is 0.459 e. The van der Waals surface area contributed by atoms with Gasteiger partial charge >= 0.3 is 18.1 Å². The van der Waals surface area contributed by atoms with Gasteiger partial charge in [0.15, 0.2) is 0 Å². The van der Waals surface area contributed by atoms with Crippen LogP contribution in [0.3, 0.4) is 0 Å². The summed E-state index contributed by atoms with van der Waals surface area (Å²) < 4.78 is 75.6. The van der Waals surface area contributed by atoms with E-state index in [4.69, 9.17) is 21.1 Å². The SMILES string of the molecule is CC1(C)[C@H](C=C(Cl)C(F)(F)C(F)(F)F)[C@H]1C(=O)OC(C#N)c1cccc(Oc2ccccc2)c1. The third kappa shape index (κ3) is 5.17. The molecule has 0 heterocycles. The number of benzene rings is 2. The molecular formula is C24H19ClF5NO3. The van der Waals surface area contributed by atoms with Gasteiger partial charge in [-0.25, -0.2) is 0 Å². The number of para-hydroxylation sites is 1. The van der Waals surface area contributed by atoms with Crippen LogP contribution in [0.2, 0.25) is 0 Å². The van der Waals surface area contributed by atoms with Gasteiger partial charge in [0.05, 0.1) is 11.0 Å². The van der Waals surface area contributed by atoms with Crippen molar-refractivity contribution in [1.29, 1.82) is 5.26 Å². The Labute approximate surface area is 197 Å². The lowest BCUT2D eigenvalue weighted by molar-refractivity contribution is -0.261. The van der Waals surface area contributed by atoms with Crippen LogP contribution >= 0.6 is 11.6 Å². The number of halogens is 6. The third-order valence-electron chi connectivity index (χ3n) is 5.64. The van der Waals surface area contributed by atoms with Gasteiger partial charge < -0.3 is 9.47 Å². The molecule has 1 fully saturated rings. The van der Waals surface area contributed by atoms with E-state index >= 15 is 0 Å². The quantitative estimate of drug-likeness (QED) is 0.299. The molecule has 0 aliphatic heterocycles. The van der Waals surface area contributed by atoms with Crippen LogP contribution in [0.1, 0.15) is 25.5 Å². The molecule has 0 aromatic heterocycles. The Kier molecular flexibility index (Phi) is 6.94. The number of alkyl halides is 5. The summed E-state index contributed by atoms with van der Waals surface area (Å²) in [6.07, 6.45) is -6.68. The summed E-state index contributed by atoms with van der Waals surface area (Å²) in [6, 6.07) is 16.9. The van der Waals surface area contributed by atoms with Crippen LogP contribution in [0, 0.1) is 28.6 Å². The van der Waals surface area contributed by atoms with Crippen molar-refractivity contribution >= 4 is 17.6 Å². The molecule has 180 valence electrons. The molecule has 0 saturated heterocycles. The minimum Gasteiger partial charge on any atom is -0.457 e. The number of allylic oxidation sites excluding steroid dienone is 2. The molecule has 4 nitrogen and oxygen atoms in total. The minimum absolute atomic E-state index is 0.302. The monoisotopic (exact) mass is 499 g/mol. The van der Waals surface area contributed by atoms with E-state index in [9.17, 15) is 32.0 Å². The lowest BCUT2D eigenvalue weighted by Gasteiger charge is -2.18. The number of ether oxygens (including phenoxy) is 2. The van der Waals surface area contributed by atoms with Crippen molar-refractivity contribution in [3.8, 4) is 17.6 Å². The Bertz CT molecular complexity index is 1130. The van der Waals surface area contributed by atoms with Crippen LogP contribution in [0.4, 0.5) is 22.0 Å². The lowest BCUT2D eigenvalue weighted by Crippen LogP contribution is -2.36. The highest BCUT2D eigenvalue weighted by atomic mass is 35.5. The van der Waals surface area contributed by atoms with Gasteiger partial charge in [-0.2, -0.15) is 27.2 Å². The second-order valence-electron chi connectivity index (χ2n) is 8.35. The fraction of sp³-hybridized carbons (Fsp3) is 0.333. The first kappa shape index (κ1) is 25.5. The molecular weight excluding hydrogens is 481 g/mol. The van der Waals surface area contributed by atoms with Crippen molar-refractivity contribution in [2.45, 2.75) is 32.1 Å². The van der Waals surface area contributed by atoms with Crippen LogP contribution in [-0.4, -0.2) is 18.1 Å². The first-order valence-corrected chi connectivity index (χ1v) is 10.4. The zero-order valence-corrected chi connectivity index (χ0v) is 18.7. The Morgan fingerprint density at radius 1 is 1.09 bits per heavy atom. The molecule has 0 bridgehead atoms. The predicted molar refractivity (Wildman–Crippen MR) is 113 cm³/mol. The van der Waals surface area contributed by atoms with E-state index in [0.29, 0.717) is 23.1 Å². The van der Waals surface area contributed by atoms with Crippen molar-refractivity contribution in [3.05, 3.63) is 71.3 Å². The second kappa shape index (κ2) is 9.26. The highest BCUT2D eigenvalue weighted by Crippen LogP contribution is 2.61. The summed E-state index contributed by atoms with van der Waals surface area (Å²) in [4.78, 5) is 12.7. The van der Waals surface area contributed by atoms with Gasteiger partial charge in [-0.05, 0) is 35.6 Å². The number of esters is 1. The van der Waals surface area contributed by atoms with Gasteiger partial charge in [-0.15, -0.1) is 0 Å². The third-order valence-corrected chi connectivity index (χ3v) is 6.00. The number of hydrogen-bond donors (Lipinski definition) is 0. The van der Waals surface area contributed by atoms with E-state index in [2.05, 4.69) is 0 Å². The molecule has 0 spiro atoms. The first-order chi connectivity index (χ1) is 15.8. The summed E-state index contributed by atoms with van der Waals surface area (Å²) >= 11 is 5.27. The molecule has 1 unspecified atom stereocenters. The van der Waals surface area contributed by atoms with Gasteiger partial charge in [0.1, 0.15) is 17.6 Å². The number of hydrogen-bond acceptors (Lipinski definition) is 4. The number of nitriles is 1. The van der Waals surface area contributed by atoms with Gasteiger partial charge in [-0.3, -0.25) is 4.79 Å². The van der Waals surface area contributed by atoms with Crippen LogP contribution < -0.4 is 4.74 Å². The zero-order chi connectivity index (χ0) is 25.3. The molecule has 34 heavy (non-hydrogen) atoms. The molecule has 3 atom stereocenters. The molecule has 3 rings (SSSR count). The topological polar surface area (TPSA) is 59.3 Å². The minimum atomic E-state index is -5.87. The van der Waals surface area contributed by atoms with Crippen LogP contribution in [0.25, 0.3) is 0 Å². The molecule has 0 radical (unpaired) electrons. The summed E-state index contributed by atoms with van der Waals surface area (Å²) in [5.74, 6) is -7.29. The van der Waals surface area contributed by atoms with E-state index in [-0.39, 0.29) is 0 Å². The van der Waals surface area contributed by atoms with Gasteiger partial charge in [0.2, 0.25) is 6.10 Å². The van der Waals surface area contributed by atoms with Crippen molar-refractivity contribution in [2.75, 3.05) is 0 Å². The fourth-order valence-corrected chi connectivity index (χ4v) is 3.80. The number of carbonyl (C=O) groups excluding carboxylic acids is 1. The van der Waals surface area contributed by atoms with Gasteiger partial charge in [0, 0.05) is 5.56 Å². The number of carbonyl (C=O) groups is 1. The zero-order valence-electron chi connectivity index (χ0n) is 17.9. The summed E-state index contributed by atoms with van der Waals surface area (Å²) in [5.41, 5.74) is -0.687. The van der Waals surface area contributed by atoms with Crippen molar-refractivity contribution in [1.82, 2.24) is 0 Å². The molecule has 2 aromatic carbocycles. The van der Waals surface area contributed by atoms with Crippen LogP contribution in [-0.2, 0) is 9.53 Å². The Balaban J connectivity index is 1.74. The molecule has 10 heteroatoms. The smallest absolute Gasteiger partial charge is 0.457 e. The first-order valence-electron chi connectivity index (χ1n) is 10.0. The number of nitrogens with zero attached hydrogens (tertiary/aromatic N) is 1. The lowest BCUT2D eigenvalue weighted by atomic mass is 10.1. The van der Waals surface area contributed by atoms with E-state index in [1.807, 2.05) is 12.1 Å². The molecule has 1 aliphatic rings. The molecule has 1 aliphatic carbocycles. The fourth-order valence-electron chi connectivity index (χ4n) is 3.56. The number of rotatable bonds is 7. The van der Waals surface area contributed by atoms with E-state index < -0.39 is 46.5 Å². The summed E-state index contributed by atoms with van der Waals surface area (Å²) in [5, 5.41) is 7.81. The van der Waals surface area contributed by atoms with E-state index in [1.165, 1.54) is 26.0 Å². The average molecular weight is 500 g/mol. The Morgan fingerprint density at radius 3 is 2.29 bits per heavy atom. The van der Waals surface area contributed by atoms with E-state index in [0.717, 1.165) is 0 Å².